The van der Waals surface area contributed by atoms with E-state index in [1.807, 2.05) is 24.3 Å². The molecule has 1 aliphatic carbocycles. The third kappa shape index (κ3) is 4.86. The third-order valence-electron chi connectivity index (χ3n) is 5.87. The summed E-state index contributed by atoms with van der Waals surface area (Å²) in [7, 11) is 0. The zero-order valence-corrected chi connectivity index (χ0v) is 21.8. The van der Waals surface area contributed by atoms with Crippen LogP contribution in [0.1, 0.15) is 38.8 Å². The second-order valence-corrected chi connectivity index (χ2v) is 8.75. The van der Waals surface area contributed by atoms with Gasteiger partial charge in [0.25, 0.3) is 0 Å². The molecule has 4 aromatic rings. The van der Waals surface area contributed by atoms with Crippen molar-refractivity contribution in [1.29, 1.82) is 0 Å². The van der Waals surface area contributed by atoms with Gasteiger partial charge in [0.2, 0.25) is 0 Å². The number of hydrogen-bond acceptors (Lipinski definition) is 3. The van der Waals surface area contributed by atoms with Crippen molar-refractivity contribution >= 4 is 16.7 Å². The number of halogens is 1. The molecular formula is C29H25FIrNO2-. The molecule has 0 bridgehead atoms. The van der Waals surface area contributed by atoms with Gasteiger partial charge in [0.1, 0.15) is 5.82 Å². The topological polar surface area (TPSA) is 50.2 Å². The molecule has 0 aliphatic heterocycles. The van der Waals surface area contributed by atoms with Gasteiger partial charge in [-0.1, -0.05) is 61.4 Å². The molecule has 1 heterocycles. The van der Waals surface area contributed by atoms with Crippen LogP contribution < -0.4 is 0 Å². The summed E-state index contributed by atoms with van der Waals surface area (Å²) in [5.74, 6) is -0.311. The summed E-state index contributed by atoms with van der Waals surface area (Å²) in [4.78, 5) is 14.7. The van der Waals surface area contributed by atoms with Gasteiger partial charge in [0.05, 0.1) is 11.3 Å². The van der Waals surface area contributed by atoms with Crippen LogP contribution in [0.5, 0.6) is 0 Å². The number of carbonyl (C=O) groups excluding carboxylic acids is 1. The fourth-order valence-corrected chi connectivity index (χ4v) is 4.35. The molecule has 0 unspecified atom stereocenters. The maximum absolute atomic E-state index is 14.5. The number of aliphatic hydroxyl groups excluding tert-OH is 1. The number of nitrogens with zero attached hydrogens (tertiary/aromatic N) is 1. The summed E-state index contributed by atoms with van der Waals surface area (Å²) in [5, 5.41) is 8.91. The van der Waals surface area contributed by atoms with E-state index in [0.717, 1.165) is 5.56 Å². The molecule has 175 valence electrons. The molecule has 0 saturated carbocycles. The Labute approximate surface area is 212 Å². The molecule has 0 spiro atoms. The van der Waals surface area contributed by atoms with Crippen molar-refractivity contribution in [2.24, 2.45) is 0 Å². The molecule has 1 aromatic heterocycles. The third-order valence-corrected chi connectivity index (χ3v) is 5.87. The summed E-state index contributed by atoms with van der Waals surface area (Å²) in [5.41, 5.74) is 7.04. The van der Waals surface area contributed by atoms with Gasteiger partial charge >= 0.3 is 0 Å². The zero-order valence-electron chi connectivity index (χ0n) is 19.4. The second kappa shape index (κ2) is 10.0. The van der Waals surface area contributed by atoms with Crippen molar-refractivity contribution in [3.63, 3.8) is 0 Å². The first kappa shape index (κ1) is 25.5. The molecule has 5 rings (SSSR count). The summed E-state index contributed by atoms with van der Waals surface area (Å²) >= 11 is 0. The van der Waals surface area contributed by atoms with Crippen LogP contribution in [0, 0.1) is 11.9 Å². The minimum Gasteiger partial charge on any atom is -0.512 e. The first-order valence-corrected chi connectivity index (χ1v) is 10.8. The number of pyridine rings is 1. The summed E-state index contributed by atoms with van der Waals surface area (Å²) in [6, 6.07) is 24.8. The molecule has 0 amide bonds. The van der Waals surface area contributed by atoms with Crippen LogP contribution >= 0.6 is 0 Å². The number of para-hydroxylation sites is 1. The maximum Gasteiger partial charge on any atom is 0.155 e. The van der Waals surface area contributed by atoms with Crippen LogP contribution in [-0.2, 0) is 30.3 Å². The van der Waals surface area contributed by atoms with Crippen LogP contribution in [0.25, 0.3) is 33.3 Å². The van der Waals surface area contributed by atoms with Crippen molar-refractivity contribution in [3.05, 3.63) is 102 Å². The number of benzene rings is 3. The SMILES string of the molecule is CC(=O)/C=C(/C)O.CC1(C)c2ccccc2-c2c[c-]c(-c3cc(F)c4ccccc4n3)cc21.[Ir]. The number of allylic oxidation sites excluding steroid dienone is 2. The Morgan fingerprint density at radius 3 is 2.35 bits per heavy atom. The largest absolute Gasteiger partial charge is 0.512 e. The molecule has 1 N–H and O–H groups in total. The van der Waals surface area contributed by atoms with Crippen LogP contribution in [0.15, 0.2) is 78.6 Å². The molecular weight excluding hydrogens is 606 g/mol. The molecule has 3 nitrogen and oxygen atoms in total. The van der Waals surface area contributed by atoms with Gasteiger partial charge in [0.15, 0.2) is 5.78 Å². The number of rotatable bonds is 2. The Morgan fingerprint density at radius 1 is 1.00 bits per heavy atom. The maximum atomic E-state index is 14.5. The Morgan fingerprint density at radius 2 is 1.68 bits per heavy atom. The number of carbonyl (C=O) groups is 1. The van der Waals surface area contributed by atoms with Crippen LogP contribution in [0.4, 0.5) is 4.39 Å². The summed E-state index contributed by atoms with van der Waals surface area (Å²) in [6.07, 6.45) is 1.17. The van der Waals surface area contributed by atoms with Gasteiger partial charge in [-0.15, -0.1) is 29.3 Å². The van der Waals surface area contributed by atoms with Gasteiger partial charge in [-0.2, -0.15) is 0 Å². The van der Waals surface area contributed by atoms with Crippen LogP contribution in [-0.4, -0.2) is 15.9 Å². The van der Waals surface area contributed by atoms with Crippen molar-refractivity contribution < 1.29 is 34.4 Å². The number of hydrogen-bond donors (Lipinski definition) is 1. The van der Waals surface area contributed by atoms with Gasteiger partial charge in [0, 0.05) is 31.6 Å². The fraction of sp³-hybridized carbons (Fsp3) is 0.172. The van der Waals surface area contributed by atoms with Gasteiger partial charge in [-0.25, -0.2) is 4.39 Å². The predicted molar refractivity (Wildman–Crippen MR) is 131 cm³/mol. The number of fused-ring (bicyclic) bond motifs is 4. The van der Waals surface area contributed by atoms with E-state index in [-0.39, 0.29) is 42.9 Å². The number of aliphatic hydroxyl groups is 1. The first-order chi connectivity index (χ1) is 15.7. The van der Waals surface area contributed by atoms with Crippen molar-refractivity contribution in [1.82, 2.24) is 4.98 Å². The van der Waals surface area contributed by atoms with Crippen LogP contribution in [0.3, 0.4) is 0 Å². The number of aromatic nitrogens is 1. The van der Waals surface area contributed by atoms with Gasteiger partial charge in [-0.3, -0.25) is 9.78 Å². The van der Waals surface area contributed by atoms with E-state index in [1.54, 1.807) is 6.07 Å². The number of ketones is 1. The van der Waals surface area contributed by atoms with E-state index in [2.05, 4.69) is 55.2 Å². The monoisotopic (exact) mass is 631 g/mol. The Hall–Kier alpha value is -3.14. The molecule has 3 aromatic carbocycles. The summed E-state index contributed by atoms with van der Waals surface area (Å²) < 4.78 is 14.5. The van der Waals surface area contributed by atoms with E-state index in [9.17, 15) is 9.18 Å². The average Bonchev–Trinajstić information content (AvgIpc) is 3.00. The van der Waals surface area contributed by atoms with Gasteiger partial charge < -0.3 is 5.11 Å². The van der Waals surface area contributed by atoms with Crippen molar-refractivity contribution in [2.45, 2.75) is 33.1 Å². The minimum atomic E-state index is -0.248. The smallest absolute Gasteiger partial charge is 0.155 e. The van der Waals surface area contributed by atoms with E-state index < -0.39 is 0 Å². The van der Waals surface area contributed by atoms with Gasteiger partial charge in [-0.05, 0) is 48.7 Å². The molecule has 1 aliphatic rings. The summed E-state index contributed by atoms with van der Waals surface area (Å²) in [6.45, 7) is 7.31. The quantitative estimate of drug-likeness (QED) is 0.145. The minimum absolute atomic E-state index is 0. The second-order valence-electron chi connectivity index (χ2n) is 8.75. The molecule has 0 saturated heterocycles. The normalized spacial score (nSPS) is 13.3. The average molecular weight is 631 g/mol. The molecule has 0 atom stereocenters. The van der Waals surface area contributed by atoms with E-state index in [1.165, 1.54) is 48.2 Å². The Bertz CT molecular complexity index is 1400. The first-order valence-electron chi connectivity index (χ1n) is 10.8. The van der Waals surface area contributed by atoms with E-state index in [4.69, 9.17) is 5.11 Å². The molecule has 0 fully saturated rings. The van der Waals surface area contributed by atoms with Crippen LogP contribution in [0.2, 0.25) is 0 Å². The molecule has 1 radical (unpaired) electrons. The van der Waals surface area contributed by atoms with E-state index >= 15 is 0 Å². The fourth-order valence-electron chi connectivity index (χ4n) is 4.35. The standard InChI is InChI=1S/C24H17FN.C5H8O2.Ir/c1-24(2)19-9-5-3-7-16(19)17-12-11-15(13-20(17)24)23-14-21(25)18-8-4-6-10-22(18)26-23;1-4(6)3-5(2)7;/h3-10,12-14H,1-2H3;3,6H,1-2H3;/q-1;;/b;4-3-;. The molecule has 34 heavy (non-hydrogen) atoms. The van der Waals surface area contributed by atoms with Crippen molar-refractivity contribution in [2.75, 3.05) is 0 Å². The predicted octanol–water partition coefficient (Wildman–Crippen LogP) is 7.18. The Kier molecular flexibility index (Phi) is 7.50. The zero-order chi connectivity index (χ0) is 23.8. The van der Waals surface area contributed by atoms with E-state index in [0.29, 0.717) is 16.6 Å². The Balaban J connectivity index is 0.000000357. The van der Waals surface area contributed by atoms with Crippen molar-refractivity contribution in [3.8, 4) is 22.4 Å². The molecule has 5 heteroatoms.